The topological polar surface area (TPSA) is 38.5 Å². The molecule has 0 atom stereocenters. The van der Waals surface area contributed by atoms with Gasteiger partial charge in [0, 0.05) is 25.6 Å². The van der Waals surface area contributed by atoms with E-state index in [1.807, 2.05) is 30.3 Å². The van der Waals surface area contributed by atoms with Crippen LogP contribution in [0.4, 0.5) is 0 Å². The van der Waals surface area contributed by atoms with Gasteiger partial charge in [0.1, 0.15) is 12.4 Å². The lowest BCUT2D eigenvalue weighted by Crippen LogP contribution is -2.36. The zero-order chi connectivity index (χ0) is 13.4. The van der Waals surface area contributed by atoms with Gasteiger partial charge in [-0.1, -0.05) is 30.4 Å². The monoisotopic (exact) mass is 266 g/mol. The molecule has 0 saturated carbocycles. The third-order valence-electron chi connectivity index (χ3n) is 2.77. The normalized spacial score (nSPS) is 10.9. The first kappa shape index (κ1) is 14.9. The summed E-state index contributed by atoms with van der Waals surface area (Å²) in [6.07, 6.45) is 0.763. The maximum atomic E-state index is 5.69. The number of para-hydroxylation sites is 1. The number of ether oxygens (including phenoxy) is 1. The average Bonchev–Trinajstić information content (AvgIpc) is 2.34. The fourth-order valence-corrected chi connectivity index (χ4v) is 1.77. The minimum Gasteiger partial charge on any atom is -0.492 e. The molecular weight excluding hydrogens is 244 g/mol. The molecule has 1 aromatic rings. The van der Waals surface area contributed by atoms with Gasteiger partial charge in [-0.3, -0.25) is 4.90 Å². The molecule has 0 aliphatic heterocycles. The van der Waals surface area contributed by atoms with Crippen LogP contribution in [0.5, 0.6) is 5.75 Å². The van der Waals surface area contributed by atoms with E-state index in [0.717, 1.165) is 25.3 Å². The molecule has 1 aromatic carbocycles. The van der Waals surface area contributed by atoms with Gasteiger partial charge in [0.05, 0.1) is 4.99 Å². The number of benzene rings is 1. The fourth-order valence-electron chi connectivity index (χ4n) is 1.68. The van der Waals surface area contributed by atoms with Crippen LogP contribution < -0.4 is 10.5 Å². The van der Waals surface area contributed by atoms with E-state index in [4.69, 9.17) is 22.7 Å². The first-order valence-corrected chi connectivity index (χ1v) is 6.70. The highest BCUT2D eigenvalue weighted by Gasteiger charge is 2.09. The summed E-state index contributed by atoms with van der Waals surface area (Å²) in [5.41, 5.74) is 5.53. The van der Waals surface area contributed by atoms with Gasteiger partial charge in [-0.15, -0.1) is 0 Å². The molecule has 0 radical (unpaired) electrons. The molecule has 2 N–H and O–H groups in total. The van der Waals surface area contributed by atoms with Crippen molar-refractivity contribution in [3.05, 3.63) is 30.3 Å². The number of nitrogens with zero attached hydrogens (tertiary/aromatic N) is 1. The van der Waals surface area contributed by atoms with Crippen molar-refractivity contribution >= 4 is 17.2 Å². The molecule has 0 aromatic heterocycles. The van der Waals surface area contributed by atoms with E-state index >= 15 is 0 Å². The standard InChI is InChI=1S/C14H22N2OS/c1-12(2)16(9-8-14(15)18)10-11-17-13-6-4-3-5-7-13/h3-7,12H,8-11H2,1-2H3,(H2,15,18). The number of hydrogen-bond donors (Lipinski definition) is 1. The van der Waals surface area contributed by atoms with Crippen LogP contribution in [0.15, 0.2) is 30.3 Å². The Morgan fingerprint density at radius 1 is 1.28 bits per heavy atom. The molecule has 0 spiro atoms. The maximum Gasteiger partial charge on any atom is 0.119 e. The van der Waals surface area contributed by atoms with E-state index in [-0.39, 0.29) is 0 Å². The second kappa shape index (κ2) is 8.06. The molecule has 100 valence electrons. The summed E-state index contributed by atoms with van der Waals surface area (Å²) in [7, 11) is 0. The van der Waals surface area contributed by atoms with Crippen molar-refractivity contribution in [2.24, 2.45) is 5.73 Å². The third-order valence-corrected chi connectivity index (χ3v) is 2.97. The van der Waals surface area contributed by atoms with Crippen molar-refractivity contribution in [2.75, 3.05) is 19.7 Å². The highest BCUT2D eigenvalue weighted by molar-refractivity contribution is 7.80. The average molecular weight is 266 g/mol. The van der Waals surface area contributed by atoms with Crippen LogP contribution in [0.1, 0.15) is 20.3 Å². The van der Waals surface area contributed by atoms with E-state index in [1.165, 1.54) is 0 Å². The molecule has 4 heteroatoms. The lowest BCUT2D eigenvalue weighted by atomic mass is 10.3. The molecule has 0 aliphatic rings. The van der Waals surface area contributed by atoms with Gasteiger partial charge in [0.15, 0.2) is 0 Å². The van der Waals surface area contributed by atoms with Gasteiger partial charge in [-0.05, 0) is 26.0 Å². The van der Waals surface area contributed by atoms with Crippen molar-refractivity contribution in [1.29, 1.82) is 0 Å². The number of rotatable bonds is 8. The smallest absolute Gasteiger partial charge is 0.119 e. The molecular formula is C14H22N2OS. The molecule has 3 nitrogen and oxygen atoms in total. The Hall–Kier alpha value is -1.13. The zero-order valence-corrected chi connectivity index (χ0v) is 12.0. The molecule has 0 saturated heterocycles. The van der Waals surface area contributed by atoms with Crippen LogP contribution in [0.2, 0.25) is 0 Å². The second-order valence-corrected chi connectivity index (χ2v) is 5.03. The summed E-state index contributed by atoms with van der Waals surface area (Å²) in [5.74, 6) is 0.913. The molecule has 1 rings (SSSR count). The summed E-state index contributed by atoms with van der Waals surface area (Å²) >= 11 is 4.91. The molecule has 0 bridgehead atoms. The largest absolute Gasteiger partial charge is 0.492 e. The summed E-state index contributed by atoms with van der Waals surface area (Å²) in [4.78, 5) is 2.90. The summed E-state index contributed by atoms with van der Waals surface area (Å²) < 4.78 is 5.69. The van der Waals surface area contributed by atoms with Crippen LogP contribution in [0.25, 0.3) is 0 Å². The van der Waals surface area contributed by atoms with Gasteiger partial charge in [-0.2, -0.15) is 0 Å². The Kier molecular flexibility index (Phi) is 6.68. The minimum absolute atomic E-state index is 0.471. The molecule has 0 unspecified atom stereocenters. The van der Waals surface area contributed by atoms with Gasteiger partial charge in [0.25, 0.3) is 0 Å². The van der Waals surface area contributed by atoms with E-state index in [1.54, 1.807) is 0 Å². The quantitative estimate of drug-likeness (QED) is 0.734. The van der Waals surface area contributed by atoms with Crippen molar-refractivity contribution in [1.82, 2.24) is 4.90 Å². The zero-order valence-electron chi connectivity index (χ0n) is 11.1. The second-order valence-electron chi connectivity index (χ2n) is 4.51. The molecule has 0 fully saturated rings. The van der Waals surface area contributed by atoms with Gasteiger partial charge < -0.3 is 10.5 Å². The minimum atomic E-state index is 0.471. The summed E-state index contributed by atoms with van der Waals surface area (Å²) in [6.45, 7) is 6.80. The highest BCUT2D eigenvalue weighted by atomic mass is 32.1. The van der Waals surface area contributed by atoms with Crippen molar-refractivity contribution in [3.8, 4) is 5.75 Å². The predicted molar refractivity (Wildman–Crippen MR) is 80.0 cm³/mol. The highest BCUT2D eigenvalue weighted by Crippen LogP contribution is 2.08. The summed E-state index contributed by atoms with van der Waals surface area (Å²) in [5, 5.41) is 0. The first-order chi connectivity index (χ1) is 8.59. The lowest BCUT2D eigenvalue weighted by molar-refractivity contribution is 0.180. The van der Waals surface area contributed by atoms with Crippen molar-refractivity contribution in [2.45, 2.75) is 26.3 Å². The van der Waals surface area contributed by atoms with Crippen molar-refractivity contribution in [3.63, 3.8) is 0 Å². The van der Waals surface area contributed by atoms with Crippen LogP contribution in [0, 0.1) is 0 Å². The van der Waals surface area contributed by atoms with Gasteiger partial charge in [-0.25, -0.2) is 0 Å². The van der Waals surface area contributed by atoms with Crippen LogP contribution in [0.3, 0.4) is 0 Å². The van der Waals surface area contributed by atoms with Crippen molar-refractivity contribution < 1.29 is 4.74 Å². The third kappa shape index (κ3) is 5.98. The summed E-state index contributed by atoms with van der Waals surface area (Å²) in [6, 6.07) is 10.3. The van der Waals surface area contributed by atoms with E-state index in [0.29, 0.717) is 17.6 Å². The van der Waals surface area contributed by atoms with Crippen LogP contribution in [-0.4, -0.2) is 35.6 Å². The number of nitrogens with two attached hydrogens (primary N) is 1. The lowest BCUT2D eigenvalue weighted by Gasteiger charge is -2.26. The number of hydrogen-bond acceptors (Lipinski definition) is 3. The number of thiocarbonyl (C=S) groups is 1. The van der Waals surface area contributed by atoms with E-state index < -0.39 is 0 Å². The SMILES string of the molecule is CC(C)N(CCOc1ccccc1)CCC(N)=S. The van der Waals surface area contributed by atoms with E-state index in [2.05, 4.69) is 18.7 Å². The van der Waals surface area contributed by atoms with Crippen LogP contribution in [-0.2, 0) is 0 Å². The van der Waals surface area contributed by atoms with Gasteiger partial charge in [0.2, 0.25) is 0 Å². The molecule has 0 amide bonds. The fraction of sp³-hybridized carbons (Fsp3) is 0.500. The maximum absolute atomic E-state index is 5.69. The molecule has 18 heavy (non-hydrogen) atoms. The first-order valence-electron chi connectivity index (χ1n) is 6.30. The van der Waals surface area contributed by atoms with Gasteiger partial charge >= 0.3 is 0 Å². The Balaban J connectivity index is 2.31. The predicted octanol–water partition coefficient (Wildman–Crippen LogP) is 2.45. The Morgan fingerprint density at radius 2 is 1.94 bits per heavy atom. The Bertz CT molecular complexity index is 354. The molecule has 0 aliphatic carbocycles. The Labute approximate surface area is 115 Å². The molecule has 0 heterocycles. The Morgan fingerprint density at radius 3 is 2.50 bits per heavy atom. The van der Waals surface area contributed by atoms with Crippen LogP contribution >= 0.6 is 12.2 Å². The van der Waals surface area contributed by atoms with E-state index in [9.17, 15) is 0 Å².